The topological polar surface area (TPSA) is 46.9 Å². The molecule has 2 aromatic rings. The van der Waals surface area contributed by atoms with Crippen LogP contribution in [-0.2, 0) is 10.7 Å². The fourth-order valence-electron chi connectivity index (χ4n) is 2.54. The first kappa shape index (κ1) is 11.5. The minimum atomic E-state index is 0.128. The van der Waals surface area contributed by atoms with E-state index < -0.39 is 0 Å². The van der Waals surface area contributed by atoms with Gasteiger partial charge in [0.2, 0.25) is 5.91 Å². The van der Waals surface area contributed by atoms with Gasteiger partial charge in [-0.15, -0.1) is 11.6 Å². The first-order valence-corrected chi connectivity index (χ1v) is 6.61. The Balaban J connectivity index is 2.06. The van der Waals surface area contributed by atoms with Crippen LogP contribution in [0, 0.1) is 0 Å². The van der Waals surface area contributed by atoms with E-state index >= 15 is 0 Å². The maximum atomic E-state index is 11.2. The van der Waals surface area contributed by atoms with Crippen LogP contribution in [0.3, 0.4) is 0 Å². The number of nitrogens with one attached hydrogen (secondary N) is 1. The summed E-state index contributed by atoms with van der Waals surface area (Å²) >= 11 is 5.98. The molecule has 1 unspecified atom stereocenters. The van der Waals surface area contributed by atoms with Crippen molar-refractivity contribution in [2.24, 2.45) is 0 Å². The van der Waals surface area contributed by atoms with Gasteiger partial charge in [0.25, 0.3) is 0 Å². The van der Waals surface area contributed by atoms with E-state index in [9.17, 15) is 4.79 Å². The summed E-state index contributed by atoms with van der Waals surface area (Å²) in [7, 11) is 0. The van der Waals surface area contributed by atoms with Gasteiger partial charge in [0, 0.05) is 13.0 Å². The number of alkyl halides is 1. The fraction of sp³-hybridized carbons (Fsp3) is 0.385. The zero-order valence-corrected chi connectivity index (χ0v) is 10.7. The predicted octanol–water partition coefficient (Wildman–Crippen LogP) is 2.23. The zero-order valence-electron chi connectivity index (χ0n) is 9.90. The molecule has 5 heteroatoms. The third-order valence-corrected chi connectivity index (χ3v) is 3.63. The lowest BCUT2D eigenvalue weighted by Crippen LogP contribution is -2.36. The van der Waals surface area contributed by atoms with Crippen molar-refractivity contribution in [2.75, 3.05) is 6.54 Å². The van der Waals surface area contributed by atoms with Gasteiger partial charge in [-0.2, -0.15) is 0 Å². The predicted molar refractivity (Wildman–Crippen MR) is 70.6 cm³/mol. The lowest BCUT2D eigenvalue weighted by Gasteiger charge is -2.25. The van der Waals surface area contributed by atoms with Crippen molar-refractivity contribution < 1.29 is 4.79 Å². The number of imidazole rings is 1. The molecule has 4 nitrogen and oxygen atoms in total. The number of aromatic nitrogens is 2. The van der Waals surface area contributed by atoms with Crippen molar-refractivity contribution in [3.8, 4) is 0 Å². The Bertz CT molecular complexity index is 583. The molecule has 2 heterocycles. The number of hydrogen-bond acceptors (Lipinski definition) is 2. The number of amides is 1. The largest absolute Gasteiger partial charge is 0.354 e. The molecule has 0 spiro atoms. The van der Waals surface area contributed by atoms with Crippen molar-refractivity contribution in [3.63, 3.8) is 0 Å². The number of benzene rings is 1. The normalized spacial score (nSPS) is 20.1. The molecule has 0 aliphatic carbocycles. The smallest absolute Gasteiger partial charge is 0.220 e. The van der Waals surface area contributed by atoms with Crippen molar-refractivity contribution in [1.29, 1.82) is 0 Å². The summed E-state index contributed by atoms with van der Waals surface area (Å²) < 4.78 is 2.17. The third kappa shape index (κ3) is 1.86. The Morgan fingerprint density at radius 3 is 3.00 bits per heavy atom. The number of halogens is 1. The minimum absolute atomic E-state index is 0.128. The van der Waals surface area contributed by atoms with Gasteiger partial charge in [0.05, 0.1) is 23.0 Å². The van der Waals surface area contributed by atoms with Gasteiger partial charge in [0.1, 0.15) is 5.82 Å². The molecule has 1 N–H and O–H groups in total. The second-order valence-corrected chi connectivity index (χ2v) is 4.78. The highest BCUT2D eigenvalue weighted by Gasteiger charge is 2.23. The molecule has 0 radical (unpaired) electrons. The summed E-state index contributed by atoms with van der Waals surface area (Å²) in [6, 6.07) is 8.27. The molecule has 1 aromatic carbocycles. The third-order valence-electron chi connectivity index (χ3n) is 3.39. The highest BCUT2D eigenvalue weighted by atomic mass is 35.5. The maximum Gasteiger partial charge on any atom is 0.220 e. The number of piperidine rings is 1. The summed E-state index contributed by atoms with van der Waals surface area (Å²) in [5, 5.41) is 2.91. The first-order chi connectivity index (χ1) is 8.79. The molecule has 18 heavy (non-hydrogen) atoms. The molecule has 1 atom stereocenters. The molecule has 1 fully saturated rings. The van der Waals surface area contributed by atoms with Gasteiger partial charge in [-0.25, -0.2) is 4.98 Å². The molecule has 0 saturated carbocycles. The first-order valence-electron chi connectivity index (χ1n) is 6.08. The van der Waals surface area contributed by atoms with Gasteiger partial charge in [-0.1, -0.05) is 12.1 Å². The number of para-hydroxylation sites is 2. The summed E-state index contributed by atoms with van der Waals surface area (Å²) in [6.07, 6.45) is 1.41. The van der Waals surface area contributed by atoms with Gasteiger partial charge >= 0.3 is 0 Å². The monoisotopic (exact) mass is 263 g/mol. The van der Waals surface area contributed by atoms with Gasteiger partial charge in [-0.05, 0) is 18.6 Å². The summed E-state index contributed by atoms with van der Waals surface area (Å²) in [5.41, 5.74) is 2.05. The lowest BCUT2D eigenvalue weighted by molar-refractivity contribution is -0.122. The van der Waals surface area contributed by atoms with E-state index in [4.69, 9.17) is 11.6 Å². The van der Waals surface area contributed by atoms with Crippen LogP contribution in [0.2, 0.25) is 0 Å². The lowest BCUT2D eigenvalue weighted by atomic mass is 10.1. The van der Waals surface area contributed by atoms with Gasteiger partial charge < -0.3 is 9.88 Å². The average Bonchev–Trinajstić information content (AvgIpc) is 2.78. The molecule has 1 aromatic heterocycles. The summed E-state index contributed by atoms with van der Waals surface area (Å²) in [6.45, 7) is 0.656. The van der Waals surface area contributed by atoms with Crippen LogP contribution in [0.4, 0.5) is 0 Å². The second-order valence-electron chi connectivity index (χ2n) is 4.52. The summed E-state index contributed by atoms with van der Waals surface area (Å²) in [5.74, 6) is 1.39. The number of hydrogen-bond donors (Lipinski definition) is 1. The minimum Gasteiger partial charge on any atom is -0.354 e. The van der Waals surface area contributed by atoms with E-state index in [-0.39, 0.29) is 11.9 Å². The number of fused-ring (bicyclic) bond motifs is 1. The van der Waals surface area contributed by atoms with Crippen LogP contribution in [0.25, 0.3) is 11.0 Å². The number of rotatable bonds is 2. The Hall–Kier alpha value is -1.55. The molecule has 1 aliphatic rings. The van der Waals surface area contributed by atoms with E-state index in [0.29, 0.717) is 18.8 Å². The molecule has 3 rings (SSSR count). The second kappa shape index (κ2) is 4.61. The molecule has 94 valence electrons. The molecule has 0 bridgehead atoms. The van der Waals surface area contributed by atoms with Crippen LogP contribution in [0.5, 0.6) is 0 Å². The highest BCUT2D eigenvalue weighted by Crippen LogP contribution is 2.26. The van der Waals surface area contributed by atoms with E-state index in [0.717, 1.165) is 23.3 Å². The Labute approximate surface area is 110 Å². The molecular weight excluding hydrogens is 250 g/mol. The Kier molecular flexibility index (Phi) is 2.96. The quantitative estimate of drug-likeness (QED) is 0.845. The molecule has 1 saturated heterocycles. The standard InChI is InChI=1S/C13H14ClN3O/c14-7-12-16-10-3-1-2-4-11(10)17(12)9-5-6-13(18)15-8-9/h1-4,9H,5-8H2,(H,15,18). The van der Waals surface area contributed by atoms with Crippen molar-refractivity contribution in [2.45, 2.75) is 24.8 Å². The van der Waals surface area contributed by atoms with E-state index in [2.05, 4.69) is 20.9 Å². The molecule has 1 amide bonds. The Morgan fingerprint density at radius 2 is 2.28 bits per heavy atom. The fourth-order valence-corrected chi connectivity index (χ4v) is 2.72. The van der Waals surface area contributed by atoms with Crippen LogP contribution in [-0.4, -0.2) is 22.0 Å². The van der Waals surface area contributed by atoms with E-state index in [1.165, 1.54) is 0 Å². The van der Waals surface area contributed by atoms with Crippen molar-refractivity contribution >= 4 is 28.5 Å². The Morgan fingerprint density at radius 1 is 1.44 bits per heavy atom. The van der Waals surface area contributed by atoms with Crippen LogP contribution >= 0.6 is 11.6 Å². The number of nitrogens with zero attached hydrogens (tertiary/aromatic N) is 2. The highest BCUT2D eigenvalue weighted by molar-refractivity contribution is 6.16. The van der Waals surface area contributed by atoms with E-state index in [1.807, 2.05) is 18.2 Å². The molecular formula is C13H14ClN3O. The molecule has 1 aliphatic heterocycles. The number of carbonyl (C=O) groups excluding carboxylic acids is 1. The summed E-state index contributed by atoms with van der Waals surface area (Å²) in [4.78, 5) is 15.8. The van der Waals surface area contributed by atoms with Crippen molar-refractivity contribution in [3.05, 3.63) is 30.1 Å². The zero-order chi connectivity index (χ0) is 12.5. The van der Waals surface area contributed by atoms with Crippen molar-refractivity contribution in [1.82, 2.24) is 14.9 Å². The average molecular weight is 264 g/mol. The van der Waals surface area contributed by atoms with Gasteiger partial charge in [0.15, 0.2) is 0 Å². The SMILES string of the molecule is O=C1CCC(n2c(CCl)nc3ccccc32)CN1. The number of carbonyl (C=O) groups is 1. The van der Waals surface area contributed by atoms with Crippen LogP contribution in [0.15, 0.2) is 24.3 Å². The van der Waals surface area contributed by atoms with Crippen LogP contribution < -0.4 is 5.32 Å². The maximum absolute atomic E-state index is 11.2. The van der Waals surface area contributed by atoms with Crippen LogP contribution in [0.1, 0.15) is 24.7 Å². The van der Waals surface area contributed by atoms with Gasteiger partial charge in [-0.3, -0.25) is 4.79 Å². The van der Waals surface area contributed by atoms with E-state index in [1.54, 1.807) is 0 Å².